The van der Waals surface area contributed by atoms with Crippen molar-refractivity contribution in [2.75, 3.05) is 11.4 Å². The number of carbonyl (C=O) groups is 2. The predicted molar refractivity (Wildman–Crippen MR) is 81.4 cm³/mol. The first kappa shape index (κ1) is 15.1. The highest BCUT2D eigenvalue weighted by Crippen LogP contribution is 2.24. The Balaban J connectivity index is 1.71. The zero-order valence-corrected chi connectivity index (χ0v) is 12.5. The molecule has 1 aromatic carbocycles. The number of nitrogens with one attached hydrogen (secondary N) is 1. The van der Waals surface area contributed by atoms with Gasteiger partial charge in [-0.25, -0.2) is 9.37 Å². The highest BCUT2D eigenvalue weighted by Gasteiger charge is 2.35. The summed E-state index contributed by atoms with van der Waals surface area (Å²) in [6, 6.07) is 5.39. The van der Waals surface area contributed by atoms with E-state index in [0.29, 0.717) is 18.7 Å². The topological polar surface area (TPSA) is 75.2 Å². The Morgan fingerprint density at radius 3 is 2.78 bits per heavy atom. The number of hydrogen-bond acceptors (Lipinski definition) is 4. The maximum absolute atomic E-state index is 13.8. The second-order valence-electron chi connectivity index (χ2n) is 5.30. The van der Waals surface area contributed by atoms with Crippen LogP contribution in [0.1, 0.15) is 22.6 Å². The number of amides is 2. The standard InChI is InChI=1S/C16H15FN4O2/c1-10-8-19-13(9-18-10)15(22)20-12-6-7-21(16(12)23)14-5-3-2-4-11(14)17/h2-5,8-9,12H,6-7H2,1H3,(H,20,22). The van der Waals surface area contributed by atoms with Crippen LogP contribution in [0.25, 0.3) is 0 Å². The molecule has 1 saturated heterocycles. The van der Waals surface area contributed by atoms with E-state index >= 15 is 0 Å². The molecule has 23 heavy (non-hydrogen) atoms. The minimum Gasteiger partial charge on any atom is -0.339 e. The third-order valence-electron chi connectivity index (χ3n) is 3.67. The first-order chi connectivity index (χ1) is 11.1. The summed E-state index contributed by atoms with van der Waals surface area (Å²) in [7, 11) is 0. The van der Waals surface area contributed by atoms with Gasteiger partial charge in [-0.1, -0.05) is 12.1 Å². The summed E-state index contributed by atoms with van der Waals surface area (Å²) in [6.07, 6.45) is 3.26. The number of aromatic nitrogens is 2. The first-order valence-corrected chi connectivity index (χ1v) is 7.21. The van der Waals surface area contributed by atoms with Gasteiger partial charge in [0.05, 0.1) is 17.6 Å². The van der Waals surface area contributed by atoms with Crippen LogP contribution in [0.2, 0.25) is 0 Å². The van der Waals surface area contributed by atoms with Crippen molar-refractivity contribution in [3.8, 4) is 0 Å². The smallest absolute Gasteiger partial charge is 0.272 e. The SMILES string of the molecule is Cc1cnc(C(=O)NC2CCN(c3ccccc3F)C2=O)cn1. The van der Waals surface area contributed by atoms with E-state index < -0.39 is 17.8 Å². The van der Waals surface area contributed by atoms with Crippen molar-refractivity contribution in [3.05, 3.63) is 53.9 Å². The van der Waals surface area contributed by atoms with Crippen molar-refractivity contribution in [3.63, 3.8) is 0 Å². The molecule has 1 aliphatic rings. The van der Waals surface area contributed by atoms with E-state index in [1.54, 1.807) is 25.1 Å². The molecule has 3 rings (SSSR count). The molecule has 2 heterocycles. The summed E-state index contributed by atoms with van der Waals surface area (Å²) in [5, 5.41) is 2.63. The molecule has 0 spiro atoms. The van der Waals surface area contributed by atoms with Crippen LogP contribution in [0, 0.1) is 12.7 Å². The van der Waals surface area contributed by atoms with Crippen molar-refractivity contribution in [2.45, 2.75) is 19.4 Å². The average Bonchev–Trinajstić information content (AvgIpc) is 2.89. The summed E-state index contributed by atoms with van der Waals surface area (Å²) in [5.41, 5.74) is 1.07. The molecule has 6 nitrogen and oxygen atoms in total. The molecule has 1 aliphatic heterocycles. The zero-order valence-electron chi connectivity index (χ0n) is 12.5. The molecule has 2 aromatic rings. The molecule has 0 saturated carbocycles. The van der Waals surface area contributed by atoms with E-state index in [1.165, 1.54) is 23.4 Å². The van der Waals surface area contributed by atoms with E-state index in [-0.39, 0.29) is 17.3 Å². The molecule has 1 N–H and O–H groups in total. The van der Waals surface area contributed by atoms with E-state index in [0.717, 1.165) is 0 Å². The lowest BCUT2D eigenvalue weighted by Gasteiger charge is -2.17. The summed E-state index contributed by atoms with van der Waals surface area (Å²) in [4.78, 5) is 33.8. The third-order valence-corrected chi connectivity index (χ3v) is 3.67. The maximum atomic E-state index is 13.8. The Morgan fingerprint density at radius 2 is 2.09 bits per heavy atom. The Labute approximate surface area is 132 Å². The second kappa shape index (κ2) is 6.12. The number of nitrogens with zero attached hydrogens (tertiary/aromatic N) is 3. The maximum Gasteiger partial charge on any atom is 0.272 e. The highest BCUT2D eigenvalue weighted by molar-refractivity contribution is 6.03. The number of para-hydroxylation sites is 1. The number of halogens is 1. The van der Waals surface area contributed by atoms with E-state index in [2.05, 4.69) is 15.3 Å². The van der Waals surface area contributed by atoms with E-state index in [4.69, 9.17) is 0 Å². The molecule has 0 aliphatic carbocycles. The normalized spacial score (nSPS) is 17.4. The lowest BCUT2D eigenvalue weighted by molar-refractivity contribution is -0.118. The summed E-state index contributed by atoms with van der Waals surface area (Å²) >= 11 is 0. The fourth-order valence-corrected chi connectivity index (χ4v) is 2.47. The van der Waals surface area contributed by atoms with Crippen LogP contribution < -0.4 is 10.2 Å². The van der Waals surface area contributed by atoms with Gasteiger partial charge < -0.3 is 10.2 Å². The van der Waals surface area contributed by atoms with Crippen LogP contribution in [0.15, 0.2) is 36.7 Å². The minimum atomic E-state index is -0.690. The van der Waals surface area contributed by atoms with Crippen molar-refractivity contribution >= 4 is 17.5 Å². The summed E-state index contributed by atoms with van der Waals surface area (Å²) < 4.78 is 13.8. The molecule has 1 fully saturated rings. The number of anilines is 1. The molecule has 1 atom stereocenters. The number of rotatable bonds is 3. The molecule has 2 amide bonds. The predicted octanol–water partition coefficient (Wildman–Crippen LogP) is 1.46. The van der Waals surface area contributed by atoms with Gasteiger partial charge in [0, 0.05) is 12.7 Å². The molecular weight excluding hydrogens is 299 g/mol. The average molecular weight is 314 g/mol. The fraction of sp³-hybridized carbons (Fsp3) is 0.250. The van der Waals surface area contributed by atoms with Crippen molar-refractivity contribution < 1.29 is 14.0 Å². The Kier molecular flexibility index (Phi) is 4.01. The van der Waals surface area contributed by atoms with Gasteiger partial charge in [-0.2, -0.15) is 0 Å². The van der Waals surface area contributed by atoms with Gasteiger partial charge in [-0.05, 0) is 25.5 Å². The number of aryl methyl sites for hydroxylation is 1. The third kappa shape index (κ3) is 3.03. The van der Waals surface area contributed by atoms with Crippen LogP contribution in [-0.2, 0) is 4.79 Å². The van der Waals surface area contributed by atoms with Gasteiger partial charge in [-0.3, -0.25) is 14.6 Å². The zero-order chi connectivity index (χ0) is 16.4. The van der Waals surface area contributed by atoms with Crippen LogP contribution in [0.5, 0.6) is 0 Å². The van der Waals surface area contributed by atoms with Crippen LogP contribution >= 0.6 is 0 Å². The van der Waals surface area contributed by atoms with Gasteiger partial charge in [0.25, 0.3) is 5.91 Å². The molecule has 118 valence electrons. The van der Waals surface area contributed by atoms with E-state index in [9.17, 15) is 14.0 Å². The van der Waals surface area contributed by atoms with Gasteiger partial charge in [0.1, 0.15) is 17.6 Å². The Morgan fingerprint density at radius 1 is 1.30 bits per heavy atom. The van der Waals surface area contributed by atoms with Crippen molar-refractivity contribution in [1.29, 1.82) is 0 Å². The summed E-state index contributed by atoms with van der Waals surface area (Å²) in [6.45, 7) is 2.12. The number of hydrogen-bond donors (Lipinski definition) is 1. The number of carbonyl (C=O) groups excluding carboxylic acids is 2. The highest BCUT2D eigenvalue weighted by atomic mass is 19.1. The Hall–Kier alpha value is -2.83. The molecule has 7 heteroatoms. The Bertz CT molecular complexity index is 748. The molecule has 0 radical (unpaired) electrons. The van der Waals surface area contributed by atoms with E-state index in [1.807, 2.05) is 0 Å². The lowest BCUT2D eigenvalue weighted by Crippen LogP contribution is -2.42. The lowest BCUT2D eigenvalue weighted by atomic mass is 10.2. The van der Waals surface area contributed by atoms with Crippen LogP contribution in [0.3, 0.4) is 0 Å². The van der Waals surface area contributed by atoms with Crippen LogP contribution in [0.4, 0.5) is 10.1 Å². The van der Waals surface area contributed by atoms with Gasteiger partial charge in [-0.15, -0.1) is 0 Å². The quantitative estimate of drug-likeness (QED) is 0.930. The largest absolute Gasteiger partial charge is 0.339 e. The van der Waals surface area contributed by atoms with Gasteiger partial charge >= 0.3 is 0 Å². The molecule has 1 unspecified atom stereocenters. The molecular formula is C16H15FN4O2. The molecule has 0 bridgehead atoms. The minimum absolute atomic E-state index is 0.146. The van der Waals surface area contributed by atoms with Crippen LogP contribution in [-0.4, -0.2) is 34.4 Å². The fourth-order valence-electron chi connectivity index (χ4n) is 2.47. The first-order valence-electron chi connectivity index (χ1n) is 7.21. The van der Waals surface area contributed by atoms with Crippen molar-refractivity contribution in [2.24, 2.45) is 0 Å². The molecule has 1 aromatic heterocycles. The second-order valence-corrected chi connectivity index (χ2v) is 5.30. The van der Waals surface area contributed by atoms with Gasteiger partial charge in [0.15, 0.2) is 0 Å². The van der Waals surface area contributed by atoms with Gasteiger partial charge in [0.2, 0.25) is 5.91 Å². The van der Waals surface area contributed by atoms with Crippen molar-refractivity contribution in [1.82, 2.24) is 15.3 Å². The monoisotopic (exact) mass is 314 g/mol. The summed E-state index contributed by atoms with van der Waals surface area (Å²) in [5.74, 6) is -1.26. The number of benzene rings is 1.